The quantitative estimate of drug-likeness (QED) is 0.781. The molecule has 0 saturated heterocycles. The van der Waals surface area contributed by atoms with Crippen LogP contribution in [0.25, 0.3) is 0 Å². The number of rotatable bonds is 5. The molecule has 0 heterocycles. The highest BCUT2D eigenvalue weighted by atomic mass is 79.9. The molecule has 0 saturated carbocycles. The van der Waals surface area contributed by atoms with Crippen LogP contribution in [0, 0.1) is 0 Å². The maximum Gasteiger partial charge on any atom is 0.408 e. The van der Waals surface area contributed by atoms with Crippen molar-refractivity contribution < 1.29 is 19.1 Å². The fraction of sp³-hybridized carbons (Fsp3) is 0.529. The van der Waals surface area contributed by atoms with Crippen LogP contribution in [0.1, 0.15) is 40.2 Å². The molecule has 1 atom stereocenters. The topological polar surface area (TPSA) is 64.6 Å². The van der Waals surface area contributed by atoms with Gasteiger partial charge in [-0.05, 0) is 52.3 Å². The van der Waals surface area contributed by atoms with Crippen molar-refractivity contribution in [2.24, 2.45) is 0 Å². The lowest BCUT2D eigenvalue weighted by Gasteiger charge is -2.23. The van der Waals surface area contributed by atoms with E-state index in [4.69, 9.17) is 9.47 Å². The van der Waals surface area contributed by atoms with Crippen LogP contribution in [-0.2, 0) is 20.7 Å². The molecule has 1 amide bonds. The molecule has 1 aromatic carbocycles. The summed E-state index contributed by atoms with van der Waals surface area (Å²) in [6, 6.07) is 6.74. The molecule has 0 radical (unpaired) electrons. The van der Waals surface area contributed by atoms with Gasteiger partial charge in [-0.25, -0.2) is 9.59 Å². The molecule has 0 aromatic heterocycles. The first kappa shape index (κ1) is 19.5. The molecule has 0 spiro atoms. The first-order valence-electron chi connectivity index (χ1n) is 7.51. The molecule has 0 aliphatic heterocycles. The Labute approximate surface area is 145 Å². The van der Waals surface area contributed by atoms with Gasteiger partial charge in [0.15, 0.2) is 0 Å². The highest BCUT2D eigenvalue weighted by molar-refractivity contribution is 9.10. The normalized spacial score (nSPS) is 12.7. The van der Waals surface area contributed by atoms with Gasteiger partial charge in [-0.3, -0.25) is 0 Å². The summed E-state index contributed by atoms with van der Waals surface area (Å²) in [4.78, 5) is 24.2. The Bertz CT molecular complexity index is 535. The summed E-state index contributed by atoms with van der Waals surface area (Å²) in [5.41, 5.74) is 0.281. The van der Waals surface area contributed by atoms with Crippen molar-refractivity contribution in [1.82, 2.24) is 5.32 Å². The lowest BCUT2D eigenvalue weighted by Crippen LogP contribution is -2.46. The fourth-order valence-corrected chi connectivity index (χ4v) is 2.08. The number of halogens is 1. The van der Waals surface area contributed by atoms with Crippen molar-refractivity contribution in [3.63, 3.8) is 0 Å². The molecule has 23 heavy (non-hydrogen) atoms. The minimum Gasteiger partial charge on any atom is -0.461 e. The van der Waals surface area contributed by atoms with Crippen molar-refractivity contribution in [1.29, 1.82) is 0 Å². The first-order chi connectivity index (χ1) is 10.6. The summed E-state index contributed by atoms with van der Waals surface area (Å²) < 4.78 is 11.4. The van der Waals surface area contributed by atoms with Gasteiger partial charge in [-0.1, -0.05) is 28.1 Å². The second-order valence-corrected chi connectivity index (χ2v) is 7.43. The van der Waals surface area contributed by atoms with E-state index in [9.17, 15) is 9.59 Å². The van der Waals surface area contributed by atoms with Crippen LogP contribution in [0.5, 0.6) is 0 Å². The third-order valence-corrected chi connectivity index (χ3v) is 3.21. The summed E-state index contributed by atoms with van der Waals surface area (Å²) >= 11 is 3.37. The Morgan fingerprint density at radius 3 is 2.22 bits per heavy atom. The molecule has 6 heteroatoms. The van der Waals surface area contributed by atoms with Gasteiger partial charge in [-0.15, -0.1) is 0 Å². The summed E-state index contributed by atoms with van der Waals surface area (Å²) in [7, 11) is 0. The maximum absolute atomic E-state index is 12.2. The van der Waals surface area contributed by atoms with Crippen molar-refractivity contribution in [2.45, 2.75) is 58.8 Å². The van der Waals surface area contributed by atoms with E-state index in [2.05, 4.69) is 21.2 Å². The summed E-state index contributed by atoms with van der Waals surface area (Å²) in [6.45, 7) is 8.83. The molecular weight excluding hydrogens is 362 g/mol. The second kappa shape index (κ2) is 8.34. The molecule has 1 unspecified atom stereocenters. The van der Waals surface area contributed by atoms with Crippen molar-refractivity contribution in [3.8, 4) is 0 Å². The molecule has 0 bridgehead atoms. The molecule has 0 fully saturated rings. The van der Waals surface area contributed by atoms with Crippen LogP contribution < -0.4 is 5.32 Å². The Balaban J connectivity index is 2.82. The number of hydrogen-bond acceptors (Lipinski definition) is 4. The number of hydrogen-bond donors (Lipinski definition) is 1. The molecule has 5 nitrogen and oxygen atoms in total. The minimum atomic E-state index is -0.798. The van der Waals surface area contributed by atoms with E-state index in [0.717, 1.165) is 10.0 Å². The minimum absolute atomic E-state index is 0.254. The zero-order valence-electron chi connectivity index (χ0n) is 14.2. The van der Waals surface area contributed by atoms with Crippen LogP contribution in [0.3, 0.4) is 0 Å². The van der Waals surface area contributed by atoms with Gasteiger partial charge < -0.3 is 14.8 Å². The zero-order valence-corrected chi connectivity index (χ0v) is 15.8. The Hall–Kier alpha value is -1.56. The Kier molecular flexibility index (Phi) is 7.06. The van der Waals surface area contributed by atoms with Gasteiger partial charge in [0.2, 0.25) is 0 Å². The number of nitrogens with one attached hydrogen (secondary N) is 1. The smallest absolute Gasteiger partial charge is 0.408 e. The highest BCUT2D eigenvalue weighted by Gasteiger charge is 2.26. The predicted octanol–water partition coefficient (Wildman–Crippen LogP) is 3.84. The average Bonchev–Trinajstić information content (AvgIpc) is 2.37. The number of alkyl carbamates (subject to hydrolysis) is 1. The van der Waals surface area contributed by atoms with Crippen LogP contribution >= 0.6 is 15.9 Å². The third-order valence-electron chi connectivity index (χ3n) is 2.68. The van der Waals surface area contributed by atoms with Crippen molar-refractivity contribution in [2.75, 3.05) is 0 Å². The number of carbonyl (C=O) groups excluding carboxylic acids is 2. The van der Waals surface area contributed by atoms with Gasteiger partial charge in [0.05, 0.1) is 6.10 Å². The van der Waals surface area contributed by atoms with Crippen LogP contribution in [-0.4, -0.2) is 29.8 Å². The third kappa shape index (κ3) is 8.02. The van der Waals surface area contributed by atoms with E-state index in [1.165, 1.54) is 0 Å². The monoisotopic (exact) mass is 385 g/mol. The summed E-state index contributed by atoms with van der Waals surface area (Å²) in [5.74, 6) is -0.478. The number of carbonyl (C=O) groups is 2. The number of amides is 1. The molecular formula is C17H24BrNO4. The van der Waals surface area contributed by atoms with Crippen molar-refractivity contribution in [3.05, 3.63) is 34.3 Å². The summed E-state index contributed by atoms with van der Waals surface area (Å²) in [6.07, 6.45) is -0.561. The van der Waals surface area contributed by atoms with E-state index < -0.39 is 23.7 Å². The Morgan fingerprint density at radius 2 is 1.74 bits per heavy atom. The van der Waals surface area contributed by atoms with Gasteiger partial charge in [0.25, 0.3) is 0 Å². The molecule has 1 N–H and O–H groups in total. The molecule has 1 rings (SSSR count). The zero-order chi connectivity index (χ0) is 17.6. The number of esters is 1. The van der Waals surface area contributed by atoms with Crippen LogP contribution in [0.2, 0.25) is 0 Å². The van der Waals surface area contributed by atoms with E-state index in [1.54, 1.807) is 34.6 Å². The van der Waals surface area contributed by atoms with Crippen molar-refractivity contribution >= 4 is 28.0 Å². The van der Waals surface area contributed by atoms with E-state index >= 15 is 0 Å². The SMILES string of the molecule is CC(C)OC(=O)C(Cc1ccc(Br)cc1)NC(=O)OC(C)(C)C. The van der Waals surface area contributed by atoms with E-state index in [1.807, 2.05) is 24.3 Å². The number of ether oxygens (including phenoxy) is 2. The summed E-state index contributed by atoms with van der Waals surface area (Å²) in [5, 5.41) is 2.59. The lowest BCUT2D eigenvalue weighted by molar-refractivity contribution is -0.149. The number of benzene rings is 1. The predicted molar refractivity (Wildman–Crippen MR) is 92.2 cm³/mol. The fourth-order valence-electron chi connectivity index (χ4n) is 1.81. The molecule has 128 valence electrons. The largest absolute Gasteiger partial charge is 0.461 e. The van der Waals surface area contributed by atoms with Gasteiger partial charge in [-0.2, -0.15) is 0 Å². The average molecular weight is 386 g/mol. The Morgan fingerprint density at radius 1 is 1.17 bits per heavy atom. The van der Waals surface area contributed by atoms with Gasteiger partial charge >= 0.3 is 12.1 Å². The lowest BCUT2D eigenvalue weighted by atomic mass is 10.1. The molecule has 0 aliphatic rings. The van der Waals surface area contributed by atoms with Gasteiger partial charge in [0.1, 0.15) is 11.6 Å². The standard InChI is InChI=1S/C17H24BrNO4/c1-11(2)22-15(20)14(19-16(21)23-17(3,4)5)10-12-6-8-13(18)9-7-12/h6-9,11,14H,10H2,1-5H3,(H,19,21). The highest BCUT2D eigenvalue weighted by Crippen LogP contribution is 2.13. The van der Waals surface area contributed by atoms with E-state index in [0.29, 0.717) is 6.42 Å². The van der Waals surface area contributed by atoms with Crippen LogP contribution in [0.4, 0.5) is 4.79 Å². The van der Waals surface area contributed by atoms with Crippen LogP contribution in [0.15, 0.2) is 28.7 Å². The second-order valence-electron chi connectivity index (χ2n) is 6.52. The maximum atomic E-state index is 12.2. The molecule has 1 aromatic rings. The van der Waals surface area contributed by atoms with E-state index in [-0.39, 0.29) is 6.10 Å². The van der Waals surface area contributed by atoms with Gasteiger partial charge in [0, 0.05) is 10.9 Å². The first-order valence-corrected chi connectivity index (χ1v) is 8.30. The molecule has 0 aliphatic carbocycles.